The fourth-order valence-corrected chi connectivity index (χ4v) is 2.04. The first-order valence-corrected chi connectivity index (χ1v) is 5.95. The van der Waals surface area contributed by atoms with E-state index in [0.717, 1.165) is 5.69 Å². The normalized spacial score (nSPS) is 12.4. The Hall–Kier alpha value is -0.980. The van der Waals surface area contributed by atoms with Crippen LogP contribution in [0.3, 0.4) is 0 Å². The summed E-state index contributed by atoms with van der Waals surface area (Å²) in [6.45, 7) is 2.11. The highest BCUT2D eigenvalue weighted by Gasteiger charge is 2.10. The molecule has 2 rings (SSSR count). The van der Waals surface area contributed by atoms with Crippen molar-refractivity contribution < 1.29 is 0 Å². The monoisotopic (exact) mass is 250 g/mol. The molecule has 0 aliphatic carbocycles. The Bertz CT molecular complexity index is 456. The summed E-state index contributed by atoms with van der Waals surface area (Å²) >= 11 is 5.85. The third-order valence-corrected chi connectivity index (χ3v) is 3.08. The van der Waals surface area contributed by atoms with Crippen molar-refractivity contribution in [1.29, 1.82) is 0 Å². The van der Waals surface area contributed by atoms with E-state index < -0.39 is 0 Å². The topological polar surface area (TPSA) is 25.8 Å². The lowest BCUT2D eigenvalue weighted by Crippen LogP contribution is -2.02. The van der Waals surface area contributed by atoms with Crippen LogP contribution < -0.4 is 5.30 Å². The van der Waals surface area contributed by atoms with E-state index in [2.05, 4.69) is 38.3 Å². The fourth-order valence-electron chi connectivity index (χ4n) is 1.58. The average molecular weight is 251 g/mol. The molecule has 0 aliphatic heterocycles. The van der Waals surface area contributed by atoms with Crippen LogP contribution in [0, 0.1) is 0 Å². The van der Waals surface area contributed by atoms with Crippen LogP contribution in [0.2, 0.25) is 5.15 Å². The third-order valence-electron chi connectivity index (χ3n) is 2.51. The van der Waals surface area contributed by atoms with E-state index in [1.807, 2.05) is 18.2 Å². The number of hydrogen-bond donors (Lipinski definition) is 0. The van der Waals surface area contributed by atoms with Gasteiger partial charge in [-0.2, -0.15) is 0 Å². The van der Waals surface area contributed by atoms with Crippen molar-refractivity contribution >= 4 is 26.1 Å². The van der Waals surface area contributed by atoms with Gasteiger partial charge < -0.3 is 0 Å². The standard InChI is InChI=1S/C12H12ClN2P/c1-8(9-3-2-4-10(16)5-9)11-6-12(13)15-7-14-11/h2-8H,16H2,1H3. The Morgan fingerprint density at radius 2 is 2.06 bits per heavy atom. The first kappa shape index (κ1) is 11.5. The highest BCUT2D eigenvalue weighted by molar-refractivity contribution is 7.27. The third kappa shape index (κ3) is 2.58. The first-order valence-electron chi connectivity index (χ1n) is 4.99. The zero-order valence-corrected chi connectivity index (χ0v) is 10.8. The van der Waals surface area contributed by atoms with Crippen molar-refractivity contribution in [2.75, 3.05) is 0 Å². The molecule has 0 spiro atoms. The molecule has 82 valence electrons. The Morgan fingerprint density at radius 3 is 2.75 bits per heavy atom. The van der Waals surface area contributed by atoms with Gasteiger partial charge in [-0.1, -0.05) is 42.8 Å². The highest BCUT2D eigenvalue weighted by Crippen LogP contribution is 2.22. The Balaban J connectivity index is 2.35. The predicted octanol–water partition coefficient (Wildman–Crippen LogP) is 2.78. The van der Waals surface area contributed by atoms with Gasteiger partial charge in [-0.15, -0.1) is 9.24 Å². The van der Waals surface area contributed by atoms with Crippen LogP contribution in [0.15, 0.2) is 36.7 Å². The summed E-state index contributed by atoms with van der Waals surface area (Å²) < 4.78 is 0. The molecule has 0 radical (unpaired) electrons. The molecule has 0 bridgehead atoms. The lowest BCUT2D eigenvalue weighted by atomic mass is 9.98. The molecule has 1 aromatic carbocycles. The SMILES string of the molecule is CC(c1cccc(P)c1)c1cc(Cl)ncn1. The molecular formula is C12H12ClN2P. The van der Waals surface area contributed by atoms with Crippen LogP contribution in [0.25, 0.3) is 0 Å². The summed E-state index contributed by atoms with van der Waals surface area (Å²) in [4.78, 5) is 8.13. The number of nitrogens with zero attached hydrogens (tertiary/aromatic N) is 2. The molecule has 1 heterocycles. The molecule has 4 heteroatoms. The van der Waals surface area contributed by atoms with E-state index in [-0.39, 0.29) is 5.92 Å². The van der Waals surface area contributed by atoms with E-state index in [1.165, 1.54) is 17.2 Å². The molecule has 0 fully saturated rings. The van der Waals surface area contributed by atoms with Gasteiger partial charge in [0, 0.05) is 5.92 Å². The molecule has 0 saturated heterocycles. The van der Waals surface area contributed by atoms with Crippen molar-refractivity contribution in [3.05, 3.63) is 53.1 Å². The van der Waals surface area contributed by atoms with Gasteiger partial charge in [0.15, 0.2) is 0 Å². The summed E-state index contributed by atoms with van der Waals surface area (Å²) in [5, 5.41) is 1.66. The second kappa shape index (κ2) is 4.90. The number of aromatic nitrogens is 2. The second-order valence-corrected chi connectivity index (χ2v) is 4.71. The van der Waals surface area contributed by atoms with Gasteiger partial charge in [-0.25, -0.2) is 9.97 Å². The lowest BCUT2D eigenvalue weighted by molar-refractivity contribution is 0.860. The number of halogens is 1. The van der Waals surface area contributed by atoms with Crippen molar-refractivity contribution in [3.63, 3.8) is 0 Å². The second-order valence-electron chi connectivity index (χ2n) is 3.66. The maximum absolute atomic E-state index is 5.85. The molecule has 2 atom stereocenters. The minimum atomic E-state index is 0.223. The maximum atomic E-state index is 5.85. The molecule has 2 unspecified atom stereocenters. The van der Waals surface area contributed by atoms with E-state index in [1.54, 1.807) is 0 Å². The minimum Gasteiger partial charge on any atom is -0.241 e. The van der Waals surface area contributed by atoms with E-state index in [0.29, 0.717) is 5.15 Å². The van der Waals surface area contributed by atoms with Gasteiger partial charge in [0.25, 0.3) is 0 Å². The van der Waals surface area contributed by atoms with Crippen molar-refractivity contribution in [1.82, 2.24) is 9.97 Å². The van der Waals surface area contributed by atoms with Crippen LogP contribution in [-0.2, 0) is 0 Å². The van der Waals surface area contributed by atoms with E-state index in [9.17, 15) is 0 Å². The zero-order valence-electron chi connectivity index (χ0n) is 8.89. The quantitative estimate of drug-likeness (QED) is 0.605. The van der Waals surface area contributed by atoms with Gasteiger partial charge in [0.1, 0.15) is 11.5 Å². The molecule has 0 saturated carbocycles. The Kier molecular flexibility index (Phi) is 3.52. The largest absolute Gasteiger partial charge is 0.241 e. The van der Waals surface area contributed by atoms with Crippen LogP contribution >= 0.6 is 20.8 Å². The average Bonchev–Trinajstić information content (AvgIpc) is 2.28. The van der Waals surface area contributed by atoms with Gasteiger partial charge in [0.2, 0.25) is 0 Å². The van der Waals surface area contributed by atoms with Crippen LogP contribution in [0.4, 0.5) is 0 Å². The number of benzene rings is 1. The maximum Gasteiger partial charge on any atom is 0.132 e. The van der Waals surface area contributed by atoms with Gasteiger partial charge in [-0.3, -0.25) is 0 Å². The molecule has 1 aromatic heterocycles. The van der Waals surface area contributed by atoms with Crippen molar-refractivity contribution in [2.24, 2.45) is 0 Å². The number of hydrogen-bond acceptors (Lipinski definition) is 2. The fraction of sp³-hybridized carbons (Fsp3) is 0.167. The molecule has 2 nitrogen and oxygen atoms in total. The number of rotatable bonds is 2. The molecule has 16 heavy (non-hydrogen) atoms. The first-order chi connectivity index (χ1) is 7.66. The Labute approximate surface area is 102 Å². The molecule has 0 aliphatic rings. The predicted molar refractivity (Wildman–Crippen MR) is 70.3 cm³/mol. The van der Waals surface area contributed by atoms with Crippen molar-refractivity contribution in [3.8, 4) is 0 Å². The Morgan fingerprint density at radius 1 is 1.25 bits per heavy atom. The van der Waals surface area contributed by atoms with Crippen molar-refractivity contribution in [2.45, 2.75) is 12.8 Å². The highest BCUT2D eigenvalue weighted by atomic mass is 35.5. The smallest absolute Gasteiger partial charge is 0.132 e. The molecular weight excluding hydrogens is 239 g/mol. The van der Waals surface area contributed by atoms with E-state index >= 15 is 0 Å². The summed E-state index contributed by atoms with van der Waals surface area (Å²) in [6.07, 6.45) is 1.50. The van der Waals surface area contributed by atoms with Gasteiger partial charge in [-0.05, 0) is 16.9 Å². The lowest BCUT2D eigenvalue weighted by Gasteiger charge is -2.11. The van der Waals surface area contributed by atoms with Gasteiger partial charge >= 0.3 is 0 Å². The van der Waals surface area contributed by atoms with Crippen LogP contribution in [0.5, 0.6) is 0 Å². The van der Waals surface area contributed by atoms with Crippen LogP contribution in [-0.4, -0.2) is 9.97 Å². The summed E-state index contributed by atoms with van der Waals surface area (Å²) in [5.41, 5.74) is 2.16. The molecule has 2 aromatic rings. The zero-order chi connectivity index (χ0) is 11.5. The summed E-state index contributed by atoms with van der Waals surface area (Å²) in [7, 11) is 2.70. The molecule has 0 N–H and O–H groups in total. The van der Waals surface area contributed by atoms with Gasteiger partial charge in [0.05, 0.1) is 5.69 Å². The summed E-state index contributed by atoms with van der Waals surface area (Å²) in [5.74, 6) is 0.223. The molecule has 0 amide bonds. The minimum absolute atomic E-state index is 0.223. The van der Waals surface area contributed by atoms with E-state index in [4.69, 9.17) is 11.6 Å². The summed E-state index contributed by atoms with van der Waals surface area (Å²) in [6, 6.07) is 10.1. The van der Waals surface area contributed by atoms with Crippen LogP contribution in [0.1, 0.15) is 24.1 Å².